The molecule has 6 amide bonds. The van der Waals surface area contributed by atoms with Crippen LogP contribution in [0.15, 0.2) is 54.6 Å². The zero-order chi connectivity index (χ0) is 59.7. The first kappa shape index (κ1) is 66.3. The lowest BCUT2D eigenvalue weighted by atomic mass is 10.0. The lowest BCUT2D eigenvalue weighted by Gasteiger charge is -2.24. The van der Waals surface area contributed by atoms with Gasteiger partial charge in [-0.15, -0.1) is 0 Å². The number of unbranched alkanes of at least 4 members (excludes halogenated alkanes) is 1. The molecular formula is C56H79N11O15. The van der Waals surface area contributed by atoms with Crippen LogP contribution in [0.25, 0.3) is 17.2 Å². The Kier molecular flexibility index (Phi) is 29.8. The molecule has 0 bridgehead atoms. The maximum absolute atomic E-state index is 13.1. The molecule has 9 N–H and O–H groups in total. The van der Waals surface area contributed by atoms with Crippen molar-refractivity contribution in [1.82, 2.24) is 46.1 Å². The van der Waals surface area contributed by atoms with Gasteiger partial charge in [0.1, 0.15) is 12.1 Å². The molecule has 0 saturated heterocycles. The molecule has 2 heterocycles. The summed E-state index contributed by atoms with van der Waals surface area (Å²) in [5, 5.41) is 26.5. The van der Waals surface area contributed by atoms with Gasteiger partial charge in [0, 0.05) is 62.9 Å². The predicted molar refractivity (Wildman–Crippen MR) is 302 cm³/mol. The Labute approximate surface area is 476 Å². The third kappa shape index (κ3) is 24.6. The van der Waals surface area contributed by atoms with Crippen LogP contribution in [0.5, 0.6) is 12.0 Å². The highest BCUT2D eigenvalue weighted by Crippen LogP contribution is 2.26. The minimum absolute atomic E-state index is 0.00804. The van der Waals surface area contributed by atoms with Crippen molar-refractivity contribution in [1.29, 1.82) is 0 Å². The molecule has 0 saturated carbocycles. The van der Waals surface area contributed by atoms with Crippen molar-refractivity contribution >= 4 is 76.1 Å². The summed E-state index contributed by atoms with van der Waals surface area (Å²) in [6.07, 6.45) is 5.44. The number of rotatable bonds is 39. The minimum Gasteiger partial charge on any atom is -0.480 e. The second kappa shape index (κ2) is 36.9. The highest BCUT2D eigenvalue weighted by atomic mass is 16.5. The first-order chi connectivity index (χ1) is 39.5. The van der Waals surface area contributed by atoms with Gasteiger partial charge in [0.25, 0.3) is 11.9 Å². The average Bonchev–Trinajstić information content (AvgIpc) is 4.05. The van der Waals surface area contributed by atoms with Crippen LogP contribution in [0, 0.1) is 5.92 Å². The molecule has 2 aromatic carbocycles. The van der Waals surface area contributed by atoms with Crippen LogP contribution >= 0.6 is 0 Å². The molecule has 2 aromatic heterocycles. The first-order valence-electron chi connectivity index (χ1n) is 27.5. The quantitative estimate of drug-likeness (QED) is 0.0181. The topological polar surface area (TPSA) is 354 Å². The SMILES string of the molecule is CCCCOc1nc(N)c2nc(O)n(Cc3ccc(C(=O)NCCCOCCOCCOCCCNC(=O)CCC(=O)Nc4ccc(/C=C/C(=O)NCC(=O)NC(C(=O)NC(CCC(=O)OCC)C(=O)OCC)C(C)C)cc4)cc3)c2n1. The Morgan fingerprint density at radius 3 is 1.99 bits per heavy atom. The monoisotopic (exact) mass is 1150 g/mol. The van der Waals surface area contributed by atoms with Gasteiger partial charge in [-0.25, -0.2) is 4.79 Å². The fourth-order valence-electron chi connectivity index (χ4n) is 7.50. The van der Waals surface area contributed by atoms with Gasteiger partial charge in [-0.3, -0.25) is 38.1 Å². The van der Waals surface area contributed by atoms with E-state index in [0.717, 1.165) is 18.4 Å². The van der Waals surface area contributed by atoms with E-state index in [0.29, 0.717) is 94.6 Å². The van der Waals surface area contributed by atoms with Gasteiger partial charge in [0.2, 0.25) is 29.5 Å². The number of nitrogens with zero attached hydrogens (tertiary/aromatic N) is 4. The number of ether oxygens (including phenoxy) is 6. The number of aromatic nitrogens is 4. The molecule has 2 atom stereocenters. The van der Waals surface area contributed by atoms with Crippen LogP contribution in [-0.4, -0.2) is 163 Å². The predicted octanol–water partition coefficient (Wildman–Crippen LogP) is 3.10. The number of aromatic hydroxyl groups is 1. The lowest BCUT2D eigenvalue weighted by molar-refractivity contribution is -0.149. The van der Waals surface area contributed by atoms with Crippen LogP contribution < -0.4 is 42.4 Å². The molecule has 4 aromatic rings. The van der Waals surface area contributed by atoms with Crippen molar-refractivity contribution in [2.45, 2.75) is 105 Å². The number of carbonyl (C=O) groups excluding carboxylic acids is 8. The number of nitrogens with one attached hydrogen (secondary N) is 6. The lowest BCUT2D eigenvalue weighted by Crippen LogP contribution is -2.55. The van der Waals surface area contributed by atoms with E-state index in [2.05, 4.69) is 46.9 Å². The number of nitrogens with two attached hydrogens (primary N) is 1. The summed E-state index contributed by atoms with van der Waals surface area (Å²) >= 11 is 0. The number of fused-ring (bicyclic) bond motifs is 1. The summed E-state index contributed by atoms with van der Waals surface area (Å²) < 4.78 is 33.8. The third-order valence-corrected chi connectivity index (χ3v) is 11.9. The van der Waals surface area contributed by atoms with Crippen molar-refractivity contribution in [3.05, 3.63) is 71.3 Å². The molecule has 82 heavy (non-hydrogen) atoms. The number of imidazole rings is 1. The molecule has 26 heteroatoms. The molecule has 0 aliphatic carbocycles. The molecule has 0 spiro atoms. The van der Waals surface area contributed by atoms with Crippen molar-refractivity contribution < 1.29 is 71.9 Å². The third-order valence-electron chi connectivity index (χ3n) is 11.9. The Bertz CT molecular complexity index is 2720. The van der Waals surface area contributed by atoms with Gasteiger partial charge in [-0.1, -0.05) is 51.5 Å². The van der Waals surface area contributed by atoms with Crippen LogP contribution in [0.3, 0.4) is 0 Å². The van der Waals surface area contributed by atoms with E-state index in [1.807, 2.05) is 6.92 Å². The second-order valence-electron chi connectivity index (χ2n) is 18.8. The number of esters is 2. The van der Waals surface area contributed by atoms with E-state index >= 15 is 0 Å². The first-order valence-corrected chi connectivity index (χ1v) is 27.5. The zero-order valence-electron chi connectivity index (χ0n) is 47.4. The number of amides is 6. The van der Waals surface area contributed by atoms with E-state index in [1.54, 1.807) is 76.2 Å². The van der Waals surface area contributed by atoms with E-state index in [4.69, 9.17) is 34.2 Å². The molecule has 26 nitrogen and oxygen atoms in total. The molecule has 0 fully saturated rings. The van der Waals surface area contributed by atoms with Gasteiger partial charge in [-0.2, -0.15) is 15.0 Å². The van der Waals surface area contributed by atoms with Crippen molar-refractivity contribution in [2.75, 3.05) is 90.1 Å². The summed E-state index contributed by atoms with van der Waals surface area (Å²) in [6, 6.07) is 11.2. The molecule has 0 aliphatic heterocycles. The van der Waals surface area contributed by atoms with E-state index < -0.39 is 54.2 Å². The highest BCUT2D eigenvalue weighted by molar-refractivity contribution is 5.97. The number of carbonyl (C=O) groups is 8. The Hall–Kier alpha value is -8.23. The minimum atomic E-state index is -1.14. The van der Waals surface area contributed by atoms with Crippen molar-refractivity contribution in [2.24, 2.45) is 5.92 Å². The molecule has 4 rings (SSSR count). The normalized spacial score (nSPS) is 11.9. The fourth-order valence-corrected chi connectivity index (χ4v) is 7.50. The summed E-state index contributed by atoms with van der Waals surface area (Å²) in [6.45, 7) is 12.3. The number of benzene rings is 2. The zero-order valence-corrected chi connectivity index (χ0v) is 47.4. The summed E-state index contributed by atoms with van der Waals surface area (Å²) in [4.78, 5) is 113. The Morgan fingerprint density at radius 2 is 1.34 bits per heavy atom. The van der Waals surface area contributed by atoms with Gasteiger partial charge >= 0.3 is 17.9 Å². The maximum Gasteiger partial charge on any atom is 0.328 e. The standard InChI is InChI=1S/C56H79N11O15/c1-6-9-30-82-55-65-50(57)49-51(66-55)67(56(76)64-49)36-39-12-17-40(18-13-39)52(73)59-27-11-29-78-32-34-79-33-31-77-28-10-26-58-43(68)23-24-45(70)61-41-19-14-38(15-20-41)16-22-44(69)60-35-46(71)63-48(37(4)5)53(74)62-42(54(75)81-8-3)21-25-47(72)80-7-2/h12-20,22,37,42,48H,6-11,21,23-36H2,1-5H3,(H,58,68)(H,59,73)(H,60,69)(H,61,70)(H,62,74)(H,63,71)(H,64,76)(H2,57,65,66)/b22-16+. The smallest absolute Gasteiger partial charge is 0.328 e. The Morgan fingerprint density at radius 1 is 0.695 bits per heavy atom. The highest BCUT2D eigenvalue weighted by Gasteiger charge is 2.30. The summed E-state index contributed by atoms with van der Waals surface area (Å²) in [7, 11) is 0. The Balaban J connectivity index is 0.978. The molecule has 2 unspecified atom stereocenters. The van der Waals surface area contributed by atoms with Gasteiger partial charge in [0.05, 0.1) is 59.3 Å². The fraction of sp³-hybridized carbons (Fsp3) is 0.518. The van der Waals surface area contributed by atoms with Crippen molar-refractivity contribution in [3.8, 4) is 12.0 Å². The number of nitrogen functional groups attached to an aromatic ring is 1. The average molecular weight is 1150 g/mol. The summed E-state index contributed by atoms with van der Waals surface area (Å²) in [5.74, 6) is -4.31. The van der Waals surface area contributed by atoms with Gasteiger partial charge in [-0.05, 0) is 86.9 Å². The molecule has 448 valence electrons. The summed E-state index contributed by atoms with van der Waals surface area (Å²) in [5.41, 5.74) is 9.06. The maximum atomic E-state index is 13.1. The van der Waals surface area contributed by atoms with Crippen molar-refractivity contribution in [3.63, 3.8) is 0 Å². The van der Waals surface area contributed by atoms with Crippen LogP contribution in [0.2, 0.25) is 0 Å². The molecule has 0 aliphatic rings. The molecular weight excluding hydrogens is 1070 g/mol. The van der Waals surface area contributed by atoms with Gasteiger partial charge < -0.3 is 71.2 Å². The van der Waals surface area contributed by atoms with Crippen LogP contribution in [-0.2, 0) is 63.8 Å². The largest absolute Gasteiger partial charge is 0.480 e. The van der Waals surface area contributed by atoms with E-state index in [1.165, 1.54) is 16.7 Å². The second-order valence-corrected chi connectivity index (χ2v) is 18.8. The van der Waals surface area contributed by atoms with E-state index in [9.17, 15) is 43.5 Å². The molecule has 0 radical (unpaired) electrons. The van der Waals surface area contributed by atoms with Gasteiger partial charge in [0.15, 0.2) is 17.0 Å². The van der Waals surface area contributed by atoms with Crippen LogP contribution in [0.4, 0.5) is 11.5 Å². The van der Waals surface area contributed by atoms with E-state index in [-0.39, 0.29) is 86.5 Å². The number of hydrogen-bond acceptors (Lipinski definition) is 19. The number of hydrogen-bond donors (Lipinski definition) is 8. The number of anilines is 2. The van der Waals surface area contributed by atoms with Crippen LogP contribution in [0.1, 0.15) is 107 Å².